The van der Waals surface area contributed by atoms with Gasteiger partial charge in [-0.3, -0.25) is 9.78 Å². The first-order valence-corrected chi connectivity index (χ1v) is 7.46. The van der Waals surface area contributed by atoms with Gasteiger partial charge in [0.05, 0.1) is 6.04 Å². The van der Waals surface area contributed by atoms with Crippen molar-refractivity contribution in [3.05, 3.63) is 30.1 Å². The monoisotopic (exact) mass is 275 g/mol. The highest BCUT2D eigenvalue weighted by Crippen LogP contribution is 2.30. The molecule has 20 heavy (non-hydrogen) atoms. The quantitative estimate of drug-likeness (QED) is 0.919. The number of pyridine rings is 1. The second-order valence-electron chi connectivity index (χ2n) is 6.06. The van der Waals surface area contributed by atoms with Crippen LogP contribution in [0.15, 0.2) is 24.5 Å². The van der Waals surface area contributed by atoms with E-state index in [0.717, 1.165) is 31.2 Å². The molecule has 1 heterocycles. The molecule has 0 aromatic carbocycles. The van der Waals surface area contributed by atoms with Crippen LogP contribution < -0.4 is 5.73 Å². The molecule has 2 N–H and O–H groups in total. The molecular weight excluding hydrogens is 250 g/mol. The fourth-order valence-corrected chi connectivity index (χ4v) is 2.94. The van der Waals surface area contributed by atoms with Crippen LogP contribution in [0.3, 0.4) is 0 Å². The molecule has 1 unspecified atom stereocenters. The van der Waals surface area contributed by atoms with Gasteiger partial charge in [-0.15, -0.1) is 0 Å². The molecule has 1 aliphatic carbocycles. The van der Waals surface area contributed by atoms with Gasteiger partial charge in [-0.25, -0.2) is 0 Å². The average Bonchev–Trinajstić information content (AvgIpc) is 2.47. The molecular formula is C16H25N3O. The zero-order valence-electron chi connectivity index (χ0n) is 12.5. The Balaban J connectivity index is 1.98. The van der Waals surface area contributed by atoms with Crippen LogP contribution in [0.4, 0.5) is 0 Å². The van der Waals surface area contributed by atoms with E-state index in [4.69, 9.17) is 5.73 Å². The fraction of sp³-hybridized carbons (Fsp3) is 0.625. The number of aromatic nitrogens is 1. The lowest BCUT2D eigenvalue weighted by Crippen LogP contribution is -2.46. The van der Waals surface area contributed by atoms with Crippen LogP contribution in [-0.4, -0.2) is 28.4 Å². The lowest BCUT2D eigenvalue weighted by atomic mass is 9.80. The molecule has 0 radical (unpaired) electrons. The van der Waals surface area contributed by atoms with Crippen molar-refractivity contribution in [2.75, 3.05) is 7.05 Å². The Morgan fingerprint density at radius 2 is 1.95 bits per heavy atom. The third-order valence-corrected chi connectivity index (χ3v) is 4.52. The third kappa shape index (κ3) is 3.57. The smallest absolute Gasteiger partial charge is 0.224 e. The summed E-state index contributed by atoms with van der Waals surface area (Å²) in [7, 11) is 1.86. The van der Waals surface area contributed by atoms with Crippen molar-refractivity contribution in [3.8, 4) is 0 Å². The van der Waals surface area contributed by atoms with Crippen LogP contribution in [0.1, 0.15) is 57.1 Å². The van der Waals surface area contributed by atoms with Gasteiger partial charge in [0.15, 0.2) is 0 Å². The van der Waals surface area contributed by atoms with Gasteiger partial charge in [0, 0.05) is 31.4 Å². The summed E-state index contributed by atoms with van der Waals surface area (Å²) >= 11 is 0. The van der Waals surface area contributed by atoms with Gasteiger partial charge in [-0.1, -0.05) is 19.3 Å². The minimum atomic E-state index is -0.290. The molecule has 1 atom stereocenters. The van der Waals surface area contributed by atoms with Crippen LogP contribution in [-0.2, 0) is 4.79 Å². The molecule has 1 fully saturated rings. The van der Waals surface area contributed by atoms with E-state index < -0.39 is 0 Å². The summed E-state index contributed by atoms with van der Waals surface area (Å²) in [5.41, 5.74) is 7.19. The van der Waals surface area contributed by atoms with Gasteiger partial charge in [0.2, 0.25) is 5.91 Å². The largest absolute Gasteiger partial charge is 0.339 e. The van der Waals surface area contributed by atoms with Gasteiger partial charge < -0.3 is 10.6 Å². The van der Waals surface area contributed by atoms with E-state index in [1.54, 1.807) is 17.3 Å². The molecule has 4 nitrogen and oxygen atoms in total. The predicted molar refractivity (Wildman–Crippen MR) is 80.0 cm³/mol. The lowest BCUT2D eigenvalue weighted by molar-refractivity contribution is -0.133. The first kappa shape index (κ1) is 15.0. The predicted octanol–water partition coefficient (Wildman–Crippen LogP) is 2.65. The number of carbonyl (C=O) groups is 1. The van der Waals surface area contributed by atoms with E-state index >= 15 is 0 Å². The van der Waals surface area contributed by atoms with E-state index in [1.807, 2.05) is 26.1 Å². The van der Waals surface area contributed by atoms with Gasteiger partial charge in [-0.05, 0) is 37.5 Å². The highest BCUT2D eigenvalue weighted by Gasteiger charge is 2.32. The summed E-state index contributed by atoms with van der Waals surface area (Å²) in [6.45, 7) is 2.04. The van der Waals surface area contributed by atoms with Crippen molar-refractivity contribution in [1.29, 1.82) is 0 Å². The van der Waals surface area contributed by atoms with Gasteiger partial charge in [-0.2, -0.15) is 0 Å². The number of hydrogen-bond donors (Lipinski definition) is 1. The first-order chi connectivity index (χ1) is 9.52. The van der Waals surface area contributed by atoms with Gasteiger partial charge >= 0.3 is 0 Å². The summed E-state index contributed by atoms with van der Waals surface area (Å²) in [5, 5.41) is 0. The van der Waals surface area contributed by atoms with Crippen LogP contribution in [0.25, 0.3) is 0 Å². The summed E-state index contributed by atoms with van der Waals surface area (Å²) in [6, 6.07) is 3.96. The number of amides is 1. The highest BCUT2D eigenvalue weighted by molar-refractivity contribution is 5.77. The topological polar surface area (TPSA) is 59.2 Å². The molecule has 0 bridgehead atoms. The maximum absolute atomic E-state index is 12.5. The molecule has 0 saturated heterocycles. The van der Waals surface area contributed by atoms with E-state index in [9.17, 15) is 4.79 Å². The normalized spacial score (nSPS) is 19.4. The average molecular weight is 275 g/mol. The molecule has 1 saturated carbocycles. The summed E-state index contributed by atoms with van der Waals surface area (Å²) in [5.74, 6) is 0.138. The molecule has 4 heteroatoms. The molecule has 1 amide bonds. The standard InChI is InChI=1S/C16H25N3O/c1-13(14-6-10-18-11-7-14)19(2)15(20)12-16(17)8-4-3-5-9-16/h6-7,10-11,13H,3-5,8-9,12,17H2,1-2H3. The second-order valence-corrected chi connectivity index (χ2v) is 6.06. The molecule has 110 valence electrons. The van der Waals surface area contributed by atoms with Crippen molar-refractivity contribution < 1.29 is 4.79 Å². The Morgan fingerprint density at radius 1 is 1.35 bits per heavy atom. The third-order valence-electron chi connectivity index (χ3n) is 4.52. The zero-order valence-corrected chi connectivity index (χ0v) is 12.5. The van der Waals surface area contributed by atoms with Crippen molar-refractivity contribution in [2.24, 2.45) is 5.73 Å². The molecule has 1 aliphatic rings. The number of nitrogens with zero attached hydrogens (tertiary/aromatic N) is 2. The number of hydrogen-bond acceptors (Lipinski definition) is 3. The Labute approximate surface area is 121 Å². The van der Waals surface area contributed by atoms with E-state index in [1.165, 1.54) is 6.42 Å². The highest BCUT2D eigenvalue weighted by atomic mass is 16.2. The van der Waals surface area contributed by atoms with Crippen LogP contribution >= 0.6 is 0 Å². The molecule has 0 spiro atoms. The Kier molecular flexibility index (Phi) is 4.76. The lowest BCUT2D eigenvalue weighted by Gasteiger charge is -2.35. The summed E-state index contributed by atoms with van der Waals surface area (Å²) < 4.78 is 0. The van der Waals surface area contributed by atoms with Crippen LogP contribution in [0, 0.1) is 0 Å². The maximum Gasteiger partial charge on any atom is 0.224 e. The van der Waals surface area contributed by atoms with E-state index in [-0.39, 0.29) is 17.5 Å². The molecule has 0 aliphatic heterocycles. The Hall–Kier alpha value is -1.42. The number of carbonyl (C=O) groups excluding carboxylic acids is 1. The van der Waals surface area contributed by atoms with Crippen molar-refractivity contribution in [3.63, 3.8) is 0 Å². The fourth-order valence-electron chi connectivity index (χ4n) is 2.94. The van der Waals surface area contributed by atoms with Crippen molar-refractivity contribution in [2.45, 2.75) is 57.0 Å². The first-order valence-electron chi connectivity index (χ1n) is 7.46. The molecule has 2 rings (SSSR count). The number of rotatable bonds is 4. The van der Waals surface area contributed by atoms with Gasteiger partial charge in [0.25, 0.3) is 0 Å². The Morgan fingerprint density at radius 3 is 2.55 bits per heavy atom. The second kappa shape index (κ2) is 6.35. The minimum Gasteiger partial charge on any atom is -0.339 e. The summed E-state index contributed by atoms with van der Waals surface area (Å²) in [4.78, 5) is 18.3. The van der Waals surface area contributed by atoms with E-state index in [0.29, 0.717) is 6.42 Å². The number of nitrogens with two attached hydrogens (primary N) is 1. The van der Waals surface area contributed by atoms with Crippen LogP contribution in [0.2, 0.25) is 0 Å². The van der Waals surface area contributed by atoms with Crippen LogP contribution in [0.5, 0.6) is 0 Å². The zero-order chi connectivity index (χ0) is 14.6. The summed E-state index contributed by atoms with van der Waals surface area (Å²) in [6.07, 6.45) is 9.45. The van der Waals surface area contributed by atoms with Crippen molar-refractivity contribution >= 4 is 5.91 Å². The Bertz CT molecular complexity index is 440. The molecule has 1 aromatic rings. The van der Waals surface area contributed by atoms with E-state index in [2.05, 4.69) is 4.98 Å². The minimum absolute atomic E-state index is 0.0534. The van der Waals surface area contributed by atoms with Gasteiger partial charge in [0.1, 0.15) is 0 Å². The maximum atomic E-state index is 12.5. The molecule has 1 aromatic heterocycles. The SMILES string of the molecule is CC(c1ccncc1)N(C)C(=O)CC1(N)CCCCC1. The van der Waals surface area contributed by atoms with Crippen molar-refractivity contribution in [1.82, 2.24) is 9.88 Å².